The van der Waals surface area contributed by atoms with Crippen LogP contribution in [0.5, 0.6) is 11.5 Å². The number of nitriles is 2. The van der Waals surface area contributed by atoms with Gasteiger partial charge in [0.25, 0.3) is 0 Å². The zero-order chi connectivity index (χ0) is 20.6. The summed E-state index contributed by atoms with van der Waals surface area (Å²) in [5, 5.41) is 19.5. The molecule has 7 heteroatoms. The molecule has 28 heavy (non-hydrogen) atoms. The summed E-state index contributed by atoms with van der Waals surface area (Å²) in [7, 11) is 3.08. The van der Waals surface area contributed by atoms with Gasteiger partial charge in [-0.15, -0.1) is 0 Å². The average Bonchev–Trinajstić information content (AvgIpc) is 2.94. The minimum atomic E-state index is 0.115. The number of nitrogen functional groups attached to an aromatic ring is 1. The third-order valence-electron chi connectivity index (χ3n) is 4.79. The number of hydrogen-bond donors (Lipinski definition) is 1. The third-order valence-corrected chi connectivity index (χ3v) is 5.11. The van der Waals surface area contributed by atoms with Crippen molar-refractivity contribution in [3.63, 3.8) is 0 Å². The number of rotatable bonds is 3. The first-order valence-corrected chi connectivity index (χ1v) is 8.71. The van der Waals surface area contributed by atoms with E-state index in [1.807, 2.05) is 13.0 Å². The summed E-state index contributed by atoms with van der Waals surface area (Å²) in [4.78, 5) is 4.32. The van der Waals surface area contributed by atoms with Crippen molar-refractivity contribution in [1.82, 2.24) is 4.98 Å². The maximum atomic E-state index is 9.64. The lowest BCUT2D eigenvalue weighted by atomic mass is 9.95. The van der Waals surface area contributed by atoms with Crippen LogP contribution in [-0.2, 0) is 0 Å². The van der Waals surface area contributed by atoms with E-state index in [2.05, 4.69) is 17.1 Å². The Balaban J connectivity index is 2.32. The van der Waals surface area contributed by atoms with E-state index in [1.165, 1.54) is 7.11 Å². The zero-order valence-corrected chi connectivity index (χ0v) is 16.6. The fourth-order valence-corrected chi connectivity index (χ4v) is 3.54. The van der Waals surface area contributed by atoms with Crippen molar-refractivity contribution in [2.24, 2.45) is 0 Å². The van der Waals surface area contributed by atoms with Crippen LogP contribution >= 0.6 is 11.6 Å². The van der Waals surface area contributed by atoms with E-state index >= 15 is 0 Å². The second-order valence-electron chi connectivity index (χ2n) is 6.23. The van der Waals surface area contributed by atoms with Crippen molar-refractivity contribution < 1.29 is 9.47 Å². The molecule has 0 unspecified atom stereocenters. The first kappa shape index (κ1) is 19.3. The second-order valence-corrected chi connectivity index (χ2v) is 6.64. The van der Waals surface area contributed by atoms with Crippen LogP contribution in [-0.4, -0.2) is 19.2 Å². The molecule has 0 spiro atoms. The Morgan fingerprint density at radius 1 is 1.11 bits per heavy atom. The maximum Gasteiger partial charge on any atom is 0.162 e. The van der Waals surface area contributed by atoms with Crippen molar-refractivity contribution in [1.29, 1.82) is 10.5 Å². The molecule has 0 atom stereocenters. The Morgan fingerprint density at radius 2 is 1.75 bits per heavy atom. The molecule has 2 aromatic rings. The number of hydrogen-bond acceptors (Lipinski definition) is 6. The van der Waals surface area contributed by atoms with Crippen LogP contribution in [0, 0.1) is 29.6 Å². The molecule has 0 radical (unpaired) electrons. The van der Waals surface area contributed by atoms with Gasteiger partial charge < -0.3 is 15.2 Å². The highest BCUT2D eigenvalue weighted by Crippen LogP contribution is 2.45. The minimum Gasteiger partial charge on any atom is -0.493 e. The van der Waals surface area contributed by atoms with Crippen molar-refractivity contribution in [2.45, 2.75) is 13.8 Å². The molecule has 2 N–H and O–H groups in total. The van der Waals surface area contributed by atoms with Crippen LogP contribution in [0.3, 0.4) is 0 Å². The van der Waals surface area contributed by atoms with Gasteiger partial charge in [-0.3, -0.25) is 0 Å². The Bertz CT molecular complexity index is 1150. The van der Waals surface area contributed by atoms with Gasteiger partial charge in [0.05, 0.1) is 36.1 Å². The van der Waals surface area contributed by atoms with Gasteiger partial charge in [0.15, 0.2) is 11.5 Å². The van der Waals surface area contributed by atoms with E-state index in [9.17, 15) is 10.5 Å². The summed E-state index contributed by atoms with van der Waals surface area (Å²) in [5.74, 6) is 1.16. The Labute approximate surface area is 168 Å². The number of aromatic nitrogens is 1. The summed E-state index contributed by atoms with van der Waals surface area (Å²) >= 11 is 6.43. The topological polar surface area (TPSA) is 105 Å². The first-order chi connectivity index (χ1) is 13.4. The maximum absolute atomic E-state index is 9.64. The number of nitrogens with two attached hydrogens (primary N) is 1. The van der Waals surface area contributed by atoms with Crippen molar-refractivity contribution in [3.8, 4) is 23.6 Å². The molecule has 140 valence electrons. The highest BCUT2D eigenvalue weighted by atomic mass is 35.5. The number of fused-ring (bicyclic) bond motifs is 1. The van der Waals surface area contributed by atoms with Gasteiger partial charge in [-0.1, -0.05) is 11.6 Å². The molecule has 0 bridgehead atoms. The van der Waals surface area contributed by atoms with E-state index in [1.54, 1.807) is 26.2 Å². The van der Waals surface area contributed by atoms with Crippen LogP contribution in [0.25, 0.3) is 17.2 Å². The molecule has 0 saturated heterocycles. The first-order valence-electron chi connectivity index (χ1n) is 8.33. The molecule has 0 fully saturated rings. The zero-order valence-electron chi connectivity index (χ0n) is 15.8. The molecular weight excluding hydrogens is 376 g/mol. The van der Waals surface area contributed by atoms with E-state index < -0.39 is 0 Å². The molecular formula is C21H17ClN4O2. The molecule has 1 heterocycles. The summed E-state index contributed by atoms with van der Waals surface area (Å²) in [5.41, 5.74) is 10.7. The Kier molecular flexibility index (Phi) is 5.00. The Morgan fingerprint density at radius 3 is 2.32 bits per heavy atom. The third kappa shape index (κ3) is 2.85. The summed E-state index contributed by atoms with van der Waals surface area (Å²) < 4.78 is 10.6. The van der Waals surface area contributed by atoms with Gasteiger partial charge in [0, 0.05) is 11.6 Å². The van der Waals surface area contributed by atoms with Crippen LogP contribution in [0.1, 0.15) is 34.9 Å². The molecule has 6 nitrogen and oxygen atoms in total. The van der Waals surface area contributed by atoms with Crippen molar-refractivity contribution in [3.05, 3.63) is 50.7 Å². The van der Waals surface area contributed by atoms with Crippen LogP contribution in [0.4, 0.5) is 5.82 Å². The molecule has 0 amide bonds. The van der Waals surface area contributed by atoms with E-state index in [0.717, 1.165) is 11.1 Å². The number of pyridine rings is 1. The number of halogens is 1. The predicted octanol–water partition coefficient (Wildman–Crippen LogP) is 4.37. The monoisotopic (exact) mass is 392 g/mol. The smallest absolute Gasteiger partial charge is 0.162 e. The molecule has 1 aliphatic carbocycles. The molecule has 1 aromatic carbocycles. The summed E-state index contributed by atoms with van der Waals surface area (Å²) in [6.07, 6.45) is 1.86. The van der Waals surface area contributed by atoms with E-state index in [-0.39, 0.29) is 5.82 Å². The highest BCUT2D eigenvalue weighted by molar-refractivity contribution is 6.32. The lowest BCUT2D eigenvalue weighted by Gasteiger charge is -2.13. The highest BCUT2D eigenvalue weighted by Gasteiger charge is 2.29. The van der Waals surface area contributed by atoms with Gasteiger partial charge in [0.1, 0.15) is 18.0 Å². The SMILES string of the molecule is COc1cc(Cl)c(/C=C2/C(C)=C(C#N)c3nc(N)c(C#N)c(C)c32)cc1OC. The van der Waals surface area contributed by atoms with Crippen LogP contribution in [0.2, 0.25) is 5.02 Å². The molecule has 0 aliphatic heterocycles. The number of benzene rings is 1. The molecule has 1 aliphatic rings. The lowest BCUT2D eigenvalue weighted by Crippen LogP contribution is -2.03. The van der Waals surface area contributed by atoms with Gasteiger partial charge in [0.2, 0.25) is 0 Å². The van der Waals surface area contributed by atoms with Crippen molar-refractivity contribution >= 4 is 34.6 Å². The fraction of sp³-hybridized carbons (Fsp3) is 0.190. The van der Waals surface area contributed by atoms with Gasteiger partial charge >= 0.3 is 0 Å². The molecule has 3 rings (SSSR count). The quantitative estimate of drug-likeness (QED) is 0.831. The molecule has 1 aromatic heterocycles. The number of anilines is 1. The number of nitrogens with zero attached hydrogens (tertiary/aromatic N) is 3. The van der Waals surface area contributed by atoms with E-state index in [4.69, 9.17) is 26.8 Å². The number of allylic oxidation sites excluding steroid dienone is 3. The fourth-order valence-electron chi connectivity index (χ4n) is 3.33. The largest absolute Gasteiger partial charge is 0.493 e. The van der Waals surface area contributed by atoms with Gasteiger partial charge in [-0.2, -0.15) is 10.5 Å². The second kappa shape index (κ2) is 7.26. The number of methoxy groups -OCH3 is 2. The minimum absolute atomic E-state index is 0.115. The molecule has 0 saturated carbocycles. The van der Waals surface area contributed by atoms with E-state index in [0.29, 0.717) is 50.0 Å². The van der Waals surface area contributed by atoms with Gasteiger partial charge in [-0.05, 0) is 48.3 Å². The Hall–Kier alpha value is -3.48. The number of ether oxygens (including phenoxy) is 2. The summed E-state index contributed by atoms with van der Waals surface area (Å²) in [6, 6.07) is 7.71. The van der Waals surface area contributed by atoms with Gasteiger partial charge in [-0.25, -0.2) is 4.98 Å². The lowest BCUT2D eigenvalue weighted by molar-refractivity contribution is 0.355. The standard InChI is InChI=1S/C21H17ClN4O2/c1-10-13(5-12-6-17(27-3)18(28-4)7-16(12)22)19-11(2)15(9-24)21(25)26-20(19)14(10)8-23/h5-7H,1-4H3,(H2,25,26)/b13-5-. The predicted molar refractivity (Wildman–Crippen MR) is 109 cm³/mol. The average molecular weight is 393 g/mol. The summed E-state index contributed by atoms with van der Waals surface area (Å²) in [6.45, 7) is 3.63. The van der Waals surface area contributed by atoms with Crippen LogP contribution < -0.4 is 15.2 Å². The van der Waals surface area contributed by atoms with Crippen LogP contribution in [0.15, 0.2) is 17.7 Å². The normalized spacial score (nSPS) is 13.9. The van der Waals surface area contributed by atoms with Crippen molar-refractivity contribution in [2.75, 3.05) is 20.0 Å².